The lowest BCUT2D eigenvalue weighted by Crippen LogP contribution is -2.47. The van der Waals surface area contributed by atoms with E-state index in [1.54, 1.807) is 19.1 Å². The molecule has 158 valence electrons. The van der Waals surface area contributed by atoms with Crippen LogP contribution in [0.1, 0.15) is 24.5 Å². The van der Waals surface area contributed by atoms with Gasteiger partial charge in [0.25, 0.3) is 0 Å². The summed E-state index contributed by atoms with van der Waals surface area (Å²) in [5.74, 6) is -0.883. The largest absolute Gasteiger partial charge is 0.418 e. The van der Waals surface area contributed by atoms with Crippen molar-refractivity contribution in [3.63, 3.8) is 0 Å². The summed E-state index contributed by atoms with van der Waals surface area (Å²) in [6.45, 7) is 3.39. The Morgan fingerprint density at radius 3 is 2.24 bits per heavy atom. The second-order valence-corrected chi connectivity index (χ2v) is 8.79. The molecule has 0 bridgehead atoms. The van der Waals surface area contributed by atoms with Gasteiger partial charge in [0.15, 0.2) is 0 Å². The number of carbonyl (C=O) groups is 1. The highest BCUT2D eigenvalue weighted by atomic mass is 35.5. The first-order chi connectivity index (χ1) is 13.3. The Labute approximate surface area is 172 Å². The first-order valence-corrected chi connectivity index (χ1v) is 10.8. The van der Waals surface area contributed by atoms with Crippen molar-refractivity contribution in [1.29, 1.82) is 0 Å². The van der Waals surface area contributed by atoms with E-state index in [0.717, 1.165) is 22.2 Å². The summed E-state index contributed by atoms with van der Waals surface area (Å²) in [6, 6.07) is 8.13. The number of alkyl halides is 3. The lowest BCUT2D eigenvalue weighted by atomic mass is 10.1. The first kappa shape index (κ1) is 23.0. The van der Waals surface area contributed by atoms with Crippen LogP contribution in [0.2, 0.25) is 5.02 Å². The number of benzene rings is 2. The summed E-state index contributed by atoms with van der Waals surface area (Å²) in [6.07, 6.45) is -3.77. The second kappa shape index (κ2) is 8.62. The quantitative estimate of drug-likeness (QED) is 0.687. The van der Waals surface area contributed by atoms with E-state index in [4.69, 9.17) is 11.6 Å². The van der Waals surface area contributed by atoms with E-state index in [0.29, 0.717) is 6.07 Å². The minimum atomic E-state index is -4.75. The van der Waals surface area contributed by atoms with Crippen molar-refractivity contribution >= 4 is 38.9 Å². The molecule has 1 atom stereocenters. The molecule has 10 heteroatoms. The van der Waals surface area contributed by atoms with Gasteiger partial charge in [0.1, 0.15) is 6.04 Å². The Morgan fingerprint density at radius 1 is 1.17 bits per heavy atom. The van der Waals surface area contributed by atoms with Gasteiger partial charge in [0, 0.05) is 5.02 Å². The number of sulfonamides is 1. The van der Waals surface area contributed by atoms with Gasteiger partial charge in [0.2, 0.25) is 15.9 Å². The summed E-state index contributed by atoms with van der Waals surface area (Å²) in [5, 5.41) is 2.07. The number of rotatable bonds is 6. The molecular weight excluding hydrogens is 429 g/mol. The van der Waals surface area contributed by atoms with Crippen LogP contribution >= 0.6 is 11.6 Å². The summed E-state index contributed by atoms with van der Waals surface area (Å²) in [4.78, 5) is 12.8. The predicted octanol–water partition coefficient (Wildman–Crippen LogP) is 4.85. The van der Waals surface area contributed by atoms with Crippen LogP contribution in [-0.4, -0.2) is 26.6 Å². The number of halogens is 4. The average molecular weight is 449 g/mol. The molecule has 29 heavy (non-hydrogen) atoms. The van der Waals surface area contributed by atoms with E-state index < -0.39 is 39.4 Å². The maximum atomic E-state index is 13.3. The molecule has 2 rings (SSSR count). The van der Waals surface area contributed by atoms with Crippen LogP contribution in [0.4, 0.5) is 24.5 Å². The number of amides is 1. The Morgan fingerprint density at radius 2 is 1.76 bits per heavy atom. The Kier molecular flexibility index (Phi) is 6.85. The molecule has 0 radical (unpaired) electrons. The predicted molar refractivity (Wildman–Crippen MR) is 108 cm³/mol. The Hall–Kier alpha value is -2.26. The standard InChI is InChI=1S/C19H20ClF3N2O3S/c1-4-17(25(29(3,27)28)14-8-5-12(2)6-9-14)18(26)24-16-10-7-13(20)11-15(16)19(21,22)23/h5-11,17H,4H2,1-3H3,(H,24,26)/t17-/m0/s1. The monoisotopic (exact) mass is 448 g/mol. The van der Waals surface area contributed by atoms with Crippen molar-refractivity contribution in [1.82, 2.24) is 0 Å². The average Bonchev–Trinajstić information content (AvgIpc) is 2.60. The highest BCUT2D eigenvalue weighted by Gasteiger charge is 2.36. The Bertz CT molecular complexity index is 993. The number of anilines is 2. The van der Waals surface area contributed by atoms with E-state index in [1.165, 1.54) is 18.2 Å². The van der Waals surface area contributed by atoms with Gasteiger partial charge in [-0.3, -0.25) is 9.10 Å². The summed E-state index contributed by atoms with van der Waals surface area (Å²) >= 11 is 5.65. The maximum absolute atomic E-state index is 13.3. The molecule has 0 aliphatic rings. The van der Waals surface area contributed by atoms with E-state index in [-0.39, 0.29) is 17.1 Å². The first-order valence-electron chi connectivity index (χ1n) is 8.58. The van der Waals surface area contributed by atoms with Crippen molar-refractivity contribution in [2.24, 2.45) is 0 Å². The van der Waals surface area contributed by atoms with Crippen molar-refractivity contribution < 1.29 is 26.4 Å². The molecule has 0 aromatic heterocycles. The molecule has 2 aromatic rings. The topological polar surface area (TPSA) is 66.5 Å². The molecule has 1 N–H and O–H groups in total. The molecule has 0 unspecified atom stereocenters. The number of nitrogens with one attached hydrogen (secondary N) is 1. The molecule has 0 aliphatic carbocycles. The molecule has 1 amide bonds. The van der Waals surface area contributed by atoms with Gasteiger partial charge < -0.3 is 5.32 Å². The van der Waals surface area contributed by atoms with Crippen LogP contribution in [0.15, 0.2) is 42.5 Å². The lowest BCUT2D eigenvalue weighted by Gasteiger charge is -2.30. The van der Waals surface area contributed by atoms with Crippen molar-refractivity contribution in [2.45, 2.75) is 32.5 Å². The van der Waals surface area contributed by atoms with Gasteiger partial charge >= 0.3 is 6.18 Å². The van der Waals surface area contributed by atoms with Crippen LogP contribution in [-0.2, 0) is 21.0 Å². The van der Waals surface area contributed by atoms with Crippen molar-refractivity contribution in [2.75, 3.05) is 15.9 Å². The van der Waals surface area contributed by atoms with Gasteiger partial charge in [-0.15, -0.1) is 0 Å². The van der Waals surface area contributed by atoms with E-state index in [1.807, 2.05) is 6.92 Å². The molecule has 0 aliphatic heterocycles. The fourth-order valence-corrected chi connectivity index (χ4v) is 4.21. The van der Waals surface area contributed by atoms with E-state index in [9.17, 15) is 26.4 Å². The lowest BCUT2D eigenvalue weighted by molar-refractivity contribution is -0.137. The van der Waals surface area contributed by atoms with E-state index >= 15 is 0 Å². The fraction of sp³-hybridized carbons (Fsp3) is 0.316. The highest BCUT2D eigenvalue weighted by molar-refractivity contribution is 7.92. The smallest absolute Gasteiger partial charge is 0.324 e. The zero-order valence-electron chi connectivity index (χ0n) is 15.9. The summed E-state index contributed by atoms with van der Waals surface area (Å²) in [5.41, 5.74) is -0.486. The van der Waals surface area contributed by atoms with Crippen LogP contribution in [0.5, 0.6) is 0 Å². The number of hydrogen-bond acceptors (Lipinski definition) is 3. The minimum absolute atomic E-state index is 0.0434. The fourth-order valence-electron chi connectivity index (χ4n) is 2.83. The third-order valence-electron chi connectivity index (χ3n) is 4.16. The van der Waals surface area contributed by atoms with Gasteiger partial charge in [-0.25, -0.2) is 8.42 Å². The van der Waals surface area contributed by atoms with Crippen LogP contribution in [0.25, 0.3) is 0 Å². The third kappa shape index (κ3) is 5.63. The highest BCUT2D eigenvalue weighted by Crippen LogP contribution is 2.37. The third-order valence-corrected chi connectivity index (χ3v) is 5.58. The molecule has 0 saturated carbocycles. The minimum Gasteiger partial charge on any atom is -0.324 e. The zero-order chi connectivity index (χ0) is 22.0. The molecule has 0 fully saturated rings. The molecular formula is C19H20ClF3N2O3S. The normalized spacial score (nSPS) is 13.1. The Balaban J connectivity index is 2.45. The van der Waals surface area contributed by atoms with Crippen LogP contribution < -0.4 is 9.62 Å². The summed E-state index contributed by atoms with van der Waals surface area (Å²) < 4.78 is 65.6. The molecule has 0 saturated heterocycles. The molecule has 0 spiro atoms. The van der Waals surface area contributed by atoms with Gasteiger partial charge in [0.05, 0.1) is 23.2 Å². The van der Waals surface area contributed by atoms with Gasteiger partial charge in [-0.2, -0.15) is 13.2 Å². The molecule has 0 heterocycles. The van der Waals surface area contributed by atoms with Gasteiger partial charge in [-0.05, 0) is 43.7 Å². The zero-order valence-corrected chi connectivity index (χ0v) is 17.5. The second-order valence-electron chi connectivity index (χ2n) is 6.50. The summed E-state index contributed by atoms with van der Waals surface area (Å²) in [7, 11) is -3.90. The number of aryl methyl sites for hydroxylation is 1. The SMILES string of the molecule is CC[C@@H](C(=O)Nc1ccc(Cl)cc1C(F)(F)F)N(c1ccc(C)cc1)S(C)(=O)=O. The molecule has 5 nitrogen and oxygen atoms in total. The van der Waals surface area contributed by atoms with E-state index in [2.05, 4.69) is 5.32 Å². The number of carbonyl (C=O) groups excluding carboxylic acids is 1. The molecule has 2 aromatic carbocycles. The van der Waals surface area contributed by atoms with Crippen LogP contribution in [0, 0.1) is 6.92 Å². The van der Waals surface area contributed by atoms with Crippen molar-refractivity contribution in [3.05, 3.63) is 58.6 Å². The van der Waals surface area contributed by atoms with Gasteiger partial charge in [-0.1, -0.05) is 36.2 Å². The maximum Gasteiger partial charge on any atom is 0.418 e. The number of hydrogen-bond donors (Lipinski definition) is 1. The van der Waals surface area contributed by atoms with Crippen LogP contribution in [0.3, 0.4) is 0 Å². The number of nitrogens with zero attached hydrogens (tertiary/aromatic N) is 1. The van der Waals surface area contributed by atoms with Crippen molar-refractivity contribution in [3.8, 4) is 0 Å².